The molecule has 2 amide bonds. The normalized spacial score (nSPS) is 15.5. The van der Waals surface area contributed by atoms with Crippen molar-refractivity contribution in [3.8, 4) is 0 Å². The van der Waals surface area contributed by atoms with Gasteiger partial charge in [-0.2, -0.15) is 0 Å². The predicted molar refractivity (Wildman–Crippen MR) is 105 cm³/mol. The average Bonchev–Trinajstić information content (AvgIpc) is 2.90. The van der Waals surface area contributed by atoms with Crippen LogP contribution in [0, 0.1) is 10.1 Å². The molecule has 1 fully saturated rings. The third kappa shape index (κ3) is 4.01. The fraction of sp³-hybridized carbons (Fsp3) is 0.158. The summed E-state index contributed by atoms with van der Waals surface area (Å²) in [7, 11) is 3.87. The van der Waals surface area contributed by atoms with Crippen LogP contribution >= 0.6 is 11.8 Å². The van der Waals surface area contributed by atoms with Crippen molar-refractivity contribution in [2.45, 2.75) is 6.54 Å². The maximum absolute atomic E-state index is 12.6. The van der Waals surface area contributed by atoms with Crippen LogP contribution in [0.1, 0.15) is 11.1 Å². The quantitative estimate of drug-likeness (QED) is 0.442. The summed E-state index contributed by atoms with van der Waals surface area (Å²) < 4.78 is 0. The number of hydrogen-bond donors (Lipinski definition) is 0. The fourth-order valence-corrected chi connectivity index (χ4v) is 3.49. The Morgan fingerprint density at radius 3 is 2.41 bits per heavy atom. The van der Waals surface area contributed by atoms with Crippen molar-refractivity contribution in [2.24, 2.45) is 0 Å². The lowest BCUT2D eigenvalue weighted by atomic mass is 10.1. The molecule has 1 heterocycles. The molecule has 138 valence electrons. The van der Waals surface area contributed by atoms with E-state index in [4.69, 9.17) is 0 Å². The summed E-state index contributed by atoms with van der Waals surface area (Å²) in [5.74, 6) is -0.445. The van der Waals surface area contributed by atoms with Gasteiger partial charge in [0.2, 0.25) is 0 Å². The summed E-state index contributed by atoms with van der Waals surface area (Å²) in [6.45, 7) is -0.126. The van der Waals surface area contributed by atoms with Crippen molar-refractivity contribution in [2.75, 3.05) is 19.0 Å². The molecule has 0 unspecified atom stereocenters. The maximum atomic E-state index is 12.6. The summed E-state index contributed by atoms with van der Waals surface area (Å²) in [5.41, 5.74) is 2.04. The maximum Gasteiger partial charge on any atom is 0.293 e. The molecule has 0 radical (unpaired) electrons. The van der Waals surface area contributed by atoms with Gasteiger partial charge in [-0.05, 0) is 35.5 Å². The van der Waals surface area contributed by atoms with Crippen LogP contribution in [-0.2, 0) is 11.3 Å². The first kappa shape index (κ1) is 18.7. The summed E-state index contributed by atoms with van der Waals surface area (Å²) >= 11 is 0.839. The molecule has 1 saturated heterocycles. The first-order valence-electron chi connectivity index (χ1n) is 8.12. The van der Waals surface area contributed by atoms with Gasteiger partial charge < -0.3 is 4.90 Å². The van der Waals surface area contributed by atoms with Crippen molar-refractivity contribution in [1.29, 1.82) is 0 Å². The molecular weight excluding hydrogens is 366 g/mol. The lowest BCUT2D eigenvalue weighted by Crippen LogP contribution is -2.27. The van der Waals surface area contributed by atoms with Crippen LogP contribution in [0.3, 0.4) is 0 Å². The number of nitrogens with zero attached hydrogens (tertiary/aromatic N) is 3. The Morgan fingerprint density at radius 1 is 1.11 bits per heavy atom. The number of carbonyl (C=O) groups is 2. The number of thioether (sulfide) groups is 1. The number of hydrogen-bond acceptors (Lipinski definition) is 6. The molecule has 3 rings (SSSR count). The minimum atomic E-state index is -0.517. The van der Waals surface area contributed by atoms with Crippen LogP contribution in [-0.4, -0.2) is 35.1 Å². The molecule has 0 N–H and O–H groups in total. The van der Waals surface area contributed by atoms with Crippen molar-refractivity contribution in [3.05, 3.63) is 74.7 Å². The Morgan fingerprint density at radius 2 is 1.78 bits per heavy atom. The number of nitro groups is 1. The van der Waals surface area contributed by atoms with E-state index in [1.807, 2.05) is 43.3 Å². The number of imide groups is 1. The van der Waals surface area contributed by atoms with E-state index in [-0.39, 0.29) is 12.2 Å². The predicted octanol–water partition coefficient (Wildman–Crippen LogP) is 3.90. The van der Waals surface area contributed by atoms with Gasteiger partial charge in [0.25, 0.3) is 16.8 Å². The van der Waals surface area contributed by atoms with Crippen molar-refractivity contribution < 1.29 is 14.5 Å². The van der Waals surface area contributed by atoms with Crippen LogP contribution in [0.15, 0.2) is 53.4 Å². The molecule has 0 bridgehead atoms. The molecule has 0 aromatic heterocycles. The molecule has 0 spiro atoms. The molecule has 1 aliphatic heterocycles. The van der Waals surface area contributed by atoms with E-state index in [1.165, 1.54) is 6.07 Å². The highest BCUT2D eigenvalue weighted by atomic mass is 32.2. The first-order chi connectivity index (χ1) is 12.9. The number of carbonyl (C=O) groups excluding carboxylic acids is 2. The topological polar surface area (TPSA) is 83.8 Å². The van der Waals surface area contributed by atoms with Gasteiger partial charge in [0, 0.05) is 31.4 Å². The van der Waals surface area contributed by atoms with E-state index >= 15 is 0 Å². The minimum Gasteiger partial charge on any atom is -0.378 e. The zero-order valence-electron chi connectivity index (χ0n) is 14.8. The fourth-order valence-electron chi connectivity index (χ4n) is 2.65. The summed E-state index contributed by atoms with van der Waals surface area (Å²) in [4.78, 5) is 38.8. The molecule has 0 atom stereocenters. The monoisotopic (exact) mass is 383 g/mol. The number of anilines is 1. The molecular formula is C19H17N3O4S. The Hall–Kier alpha value is -3.13. The van der Waals surface area contributed by atoms with E-state index in [0.717, 1.165) is 27.9 Å². The van der Waals surface area contributed by atoms with Gasteiger partial charge >= 0.3 is 0 Å². The number of rotatable bonds is 5. The number of benzene rings is 2. The standard InChI is InChI=1S/C19H17N3O4S/c1-20(2)15-9-7-13(8-10-15)11-17-18(23)21(19(24)27-17)12-14-5-3-4-6-16(14)22(25)26/h3-11H,12H2,1-2H3/b17-11+. The van der Waals surface area contributed by atoms with Gasteiger partial charge in [0.15, 0.2) is 0 Å². The second kappa shape index (κ2) is 7.63. The highest BCUT2D eigenvalue weighted by Gasteiger charge is 2.36. The van der Waals surface area contributed by atoms with E-state index in [2.05, 4.69) is 0 Å². The van der Waals surface area contributed by atoms with Crippen molar-refractivity contribution in [1.82, 2.24) is 4.90 Å². The van der Waals surface area contributed by atoms with E-state index < -0.39 is 16.1 Å². The number of nitro benzene ring substituents is 1. The summed E-state index contributed by atoms with van der Waals surface area (Å²) in [5, 5.41) is 10.7. The van der Waals surface area contributed by atoms with Gasteiger partial charge in [0.05, 0.1) is 16.4 Å². The highest BCUT2D eigenvalue weighted by molar-refractivity contribution is 8.18. The lowest BCUT2D eigenvalue weighted by Gasteiger charge is -2.12. The zero-order chi connectivity index (χ0) is 19.6. The summed E-state index contributed by atoms with van der Waals surface area (Å²) in [6.07, 6.45) is 1.66. The molecule has 2 aromatic carbocycles. The van der Waals surface area contributed by atoms with Gasteiger partial charge in [-0.1, -0.05) is 30.3 Å². The lowest BCUT2D eigenvalue weighted by molar-refractivity contribution is -0.385. The molecule has 0 aliphatic carbocycles. The summed E-state index contributed by atoms with van der Waals surface area (Å²) in [6, 6.07) is 13.7. The van der Waals surface area contributed by atoms with E-state index in [1.54, 1.807) is 24.3 Å². The smallest absolute Gasteiger partial charge is 0.293 e. The van der Waals surface area contributed by atoms with Crippen molar-refractivity contribution >= 4 is 40.4 Å². The van der Waals surface area contributed by atoms with Crippen LogP contribution in [0.25, 0.3) is 6.08 Å². The van der Waals surface area contributed by atoms with Crippen molar-refractivity contribution in [3.63, 3.8) is 0 Å². The molecule has 0 saturated carbocycles. The Labute approximate surface area is 160 Å². The number of para-hydroxylation sites is 1. The first-order valence-corrected chi connectivity index (χ1v) is 8.93. The molecule has 1 aliphatic rings. The van der Waals surface area contributed by atoms with Gasteiger partial charge in [-0.15, -0.1) is 0 Å². The second-order valence-electron chi connectivity index (χ2n) is 6.14. The van der Waals surface area contributed by atoms with Gasteiger partial charge in [-0.3, -0.25) is 24.6 Å². The second-order valence-corrected chi connectivity index (χ2v) is 7.13. The van der Waals surface area contributed by atoms with Crippen LogP contribution in [0.4, 0.5) is 16.2 Å². The van der Waals surface area contributed by atoms with Crippen LogP contribution < -0.4 is 4.90 Å². The van der Waals surface area contributed by atoms with Crippen LogP contribution in [0.5, 0.6) is 0 Å². The molecule has 2 aromatic rings. The Bertz CT molecular complexity index is 938. The SMILES string of the molecule is CN(C)c1ccc(/C=C2/SC(=O)N(Cc3ccccc3[N+](=O)[O-])C2=O)cc1. The zero-order valence-corrected chi connectivity index (χ0v) is 15.6. The van der Waals surface area contributed by atoms with Gasteiger partial charge in [0.1, 0.15) is 0 Å². The van der Waals surface area contributed by atoms with Crippen LogP contribution in [0.2, 0.25) is 0 Å². The molecule has 7 nitrogen and oxygen atoms in total. The number of amides is 2. The largest absolute Gasteiger partial charge is 0.378 e. The average molecular weight is 383 g/mol. The van der Waals surface area contributed by atoms with Gasteiger partial charge in [-0.25, -0.2) is 0 Å². The Kier molecular flexibility index (Phi) is 5.27. The Balaban J connectivity index is 1.82. The highest BCUT2D eigenvalue weighted by Crippen LogP contribution is 2.34. The van der Waals surface area contributed by atoms with E-state index in [9.17, 15) is 19.7 Å². The van der Waals surface area contributed by atoms with E-state index in [0.29, 0.717) is 10.5 Å². The molecule has 27 heavy (non-hydrogen) atoms. The third-order valence-electron chi connectivity index (χ3n) is 4.10. The minimum absolute atomic E-state index is 0.111. The molecule has 8 heteroatoms. The third-order valence-corrected chi connectivity index (χ3v) is 5.01.